The molecule has 7 heteroatoms. The molecular formula is C12H21N5OS. The van der Waals surface area contributed by atoms with Gasteiger partial charge in [0.1, 0.15) is 12.7 Å². The van der Waals surface area contributed by atoms with Crippen molar-refractivity contribution < 1.29 is 4.79 Å². The summed E-state index contributed by atoms with van der Waals surface area (Å²) in [6.45, 7) is 3.69. The fourth-order valence-electron chi connectivity index (χ4n) is 1.78. The van der Waals surface area contributed by atoms with E-state index in [0.29, 0.717) is 12.8 Å². The highest BCUT2D eigenvalue weighted by Gasteiger charge is 2.08. The number of rotatable bonds is 9. The molecule has 1 aromatic rings. The van der Waals surface area contributed by atoms with E-state index < -0.39 is 0 Å². The van der Waals surface area contributed by atoms with E-state index in [1.807, 2.05) is 11.6 Å². The van der Waals surface area contributed by atoms with Gasteiger partial charge >= 0.3 is 0 Å². The number of carbonyl (C=O) groups excluding carboxylic acids is 1. The molecule has 0 unspecified atom stereocenters. The summed E-state index contributed by atoms with van der Waals surface area (Å²) in [6, 6.07) is 0. The highest BCUT2D eigenvalue weighted by atomic mass is 32.1. The van der Waals surface area contributed by atoms with E-state index in [4.69, 9.17) is 18.0 Å². The molecule has 1 aromatic heterocycles. The third-order valence-corrected chi connectivity index (χ3v) is 3.00. The predicted octanol–water partition coefficient (Wildman–Crippen LogP) is 0.877. The maximum absolute atomic E-state index is 10.7. The summed E-state index contributed by atoms with van der Waals surface area (Å²) in [4.78, 5) is 15.4. The van der Waals surface area contributed by atoms with Crippen LogP contribution in [0.3, 0.4) is 0 Å². The number of primary amides is 1. The van der Waals surface area contributed by atoms with E-state index in [-0.39, 0.29) is 11.8 Å². The number of hydrogen-bond donors (Lipinski definition) is 2. The summed E-state index contributed by atoms with van der Waals surface area (Å²) in [5.41, 5.74) is 5.14. The van der Waals surface area contributed by atoms with Crippen LogP contribution in [-0.4, -0.2) is 32.2 Å². The molecule has 0 saturated carbocycles. The topological polar surface area (TPSA) is 85.8 Å². The maximum atomic E-state index is 10.7. The van der Waals surface area contributed by atoms with Crippen molar-refractivity contribution in [3.05, 3.63) is 12.7 Å². The number of thiocarbonyl (C=S) groups is 1. The Bertz CT molecular complexity index is 393. The average molecular weight is 283 g/mol. The molecule has 0 aliphatic rings. The molecule has 0 bridgehead atoms. The summed E-state index contributed by atoms with van der Waals surface area (Å²) < 4.78 is 1.81. The molecule has 106 valence electrons. The minimum Gasteiger partial charge on any atom is -0.380 e. The highest BCUT2D eigenvalue weighted by Crippen LogP contribution is 2.07. The van der Waals surface area contributed by atoms with Crippen molar-refractivity contribution in [2.24, 2.45) is 11.7 Å². The van der Waals surface area contributed by atoms with E-state index in [2.05, 4.69) is 15.4 Å². The van der Waals surface area contributed by atoms with Crippen LogP contribution in [0.1, 0.15) is 32.6 Å². The molecule has 0 spiro atoms. The van der Waals surface area contributed by atoms with E-state index in [1.54, 1.807) is 6.33 Å². The Morgan fingerprint density at radius 2 is 2.26 bits per heavy atom. The molecule has 0 fully saturated rings. The fraction of sp³-hybridized carbons (Fsp3) is 0.667. The van der Waals surface area contributed by atoms with Gasteiger partial charge in [-0.15, -0.1) is 0 Å². The van der Waals surface area contributed by atoms with Crippen LogP contribution in [0.4, 0.5) is 0 Å². The first-order chi connectivity index (χ1) is 9.08. The predicted molar refractivity (Wildman–Crippen MR) is 77.4 cm³/mol. The first kappa shape index (κ1) is 15.6. The molecule has 0 saturated heterocycles. The number of nitrogens with one attached hydrogen (secondary N) is 1. The van der Waals surface area contributed by atoms with Crippen LogP contribution in [0.15, 0.2) is 12.7 Å². The molecular weight excluding hydrogens is 262 g/mol. The van der Waals surface area contributed by atoms with Crippen molar-refractivity contribution >= 4 is 23.1 Å². The smallest absolute Gasteiger partial charge is 0.217 e. The number of nitrogens with two attached hydrogens (primary N) is 1. The lowest BCUT2D eigenvalue weighted by Crippen LogP contribution is -2.26. The largest absolute Gasteiger partial charge is 0.380 e. The summed E-state index contributed by atoms with van der Waals surface area (Å²) >= 11 is 5.22. The summed E-state index contributed by atoms with van der Waals surface area (Å²) in [7, 11) is 0. The lowest BCUT2D eigenvalue weighted by Gasteiger charge is -2.12. The van der Waals surface area contributed by atoms with Crippen LogP contribution in [0.25, 0.3) is 0 Å². The number of unbranched alkanes of at least 4 members (excludes halogenated alkanes) is 1. The highest BCUT2D eigenvalue weighted by molar-refractivity contribution is 7.80. The standard InChI is InChI=1S/C12H21N5OS/c1-10(6-11(13)18)7-12(19)15-4-2-3-5-17-9-14-8-16-17/h8-10H,2-7H2,1H3,(H2,13,18)(H,15,19)/t10-/m1/s1. The Morgan fingerprint density at radius 3 is 2.89 bits per heavy atom. The zero-order chi connectivity index (χ0) is 14.1. The maximum Gasteiger partial charge on any atom is 0.217 e. The molecule has 0 aliphatic heterocycles. The van der Waals surface area contributed by atoms with Gasteiger partial charge in [-0.25, -0.2) is 4.98 Å². The first-order valence-electron chi connectivity index (χ1n) is 6.45. The van der Waals surface area contributed by atoms with Gasteiger partial charge in [0.25, 0.3) is 0 Å². The lowest BCUT2D eigenvalue weighted by molar-refractivity contribution is -0.118. The van der Waals surface area contributed by atoms with Gasteiger partial charge in [0.05, 0.1) is 4.99 Å². The Hall–Kier alpha value is -1.50. The van der Waals surface area contributed by atoms with Crippen LogP contribution >= 0.6 is 12.2 Å². The van der Waals surface area contributed by atoms with Gasteiger partial charge in [-0.1, -0.05) is 19.1 Å². The summed E-state index contributed by atoms with van der Waals surface area (Å²) in [5, 5.41) is 7.23. The molecule has 3 N–H and O–H groups in total. The van der Waals surface area contributed by atoms with Gasteiger partial charge in [0.15, 0.2) is 0 Å². The second-order valence-corrected chi connectivity index (χ2v) is 5.19. The molecule has 1 heterocycles. The van der Waals surface area contributed by atoms with E-state index in [9.17, 15) is 4.79 Å². The van der Waals surface area contributed by atoms with Crippen LogP contribution in [0.2, 0.25) is 0 Å². The van der Waals surface area contributed by atoms with Crippen LogP contribution in [0, 0.1) is 5.92 Å². The van der Waals surface area contributed by atoms with Gasteiger partial charge in [0, 0.05) is 25.9 Å². The molecule has 1 rings (SSSR count). The number of hydrogen-bond acceptors (Lipinski definition) is 4. The van der Waals surface area contributed by atoms with Crippen molar-refractivity contribution in [2.75, 3.05) is 6.54 Å². The zero-order valence-electron chi connectivity index (χ0n) is 11.2. The normalized spacial score (nSPS) is 12.1. The number of nitrogens with zero attached hydrogens (tertiary/aromatic N) is 3. The molecule has 1 atom stereocenters. The zero-order valence-corrected chi connectivity index (χ0v) is 12.0. The van der Waals surface area contributed by atoms with Gasteiger partial charge in [0.2, 0.25) is 5.91 Å². The molecule has 0 radical (unpaired) electrons. The monoisotopic (exact) mass is 283 g/mol. The SMILES string of the molecule is C[C@H](CC(N)=O)CC(=S)NCCCCn1cncn1. The number of aryl methyl sites for hydroxylation is 1. The third-order valence-electron chi connectivity index (χ3n) is 2.69. The van der Waals surface area contributed by atoms with Crippen LogP contribution in [-0.2, 0) is 11.3 Å². The molecule has 0 aliphatic carbocycles. The van der Waals surface area contributed by atoms with Crippen molar-refractivity contribution in [1.82, 2.24) is 20.1 Å². The number of aromatic nitrogens is 3. The second-order valence-electron chi connectivity index (χ2n) is 4.70. The summed E-state index contributed by atoms with van der Waals surface area (Å²) in [6.07, 6.45) is 6.38. The molecule has 19 heavy (non-hydrogen) atoms. The summed E-state index contributed by atoms with van der Waals surface area (Å²) in [5.74, 6) is -0.0734. The third kappa shape index (κ3) is 7.50. The van der Waals surface area contributed by atoms with E-state index in [1.165, 1.54) is 6.33 Å². The number of amides is 1. The van der Waals surface area contributed by atoms with Crippen LogP contribution < -0.4 is 11.1 Å². The van der Waals surface area contributed by atoms with E-state index in [0.717, 1.165) is 30.9 Å². The fourth-order valence-corrected chi connectivity index (χ4v) is 2.17. The van der Waals surface area contributed by atoms with E-state index >= 15 is 0 Å². The van der Waals surface area contributed by atoms with Crippen molar-refractivity contribution in [1.29, 1.82) is 0 Å². The Labute approximate surface area is 118 Å². The molecule has 0 aromatic carbocycles. The van der Waals surface area contributed by atoms with Gasteiger partial charge in [-0.05, 0) is 18.8 Å². The Balaban J connectivity index is 2.02. The van der Waals surface area contributed by atoms with Gasteiger partial charge in [-0.2, -0.15) is 5.10 Å². The van der Waals surface area contributed by atoms with Crippen molar-refractivity contribution in [3.8, 4) is 0 Å². The van der Waals surface area contributed by atoms with Crippen LogP contribution in [0.5, 0.6) is 0 Å². The quantitative estimate of drug-likeness (QED) is 0.519. The minimum absolute atomic E-state index is 0.202. The Kier molecular flexibility index (Phi) is 7.02. The van der Waals surface area contributed by atoms with Gasteiger partial charge < -0.3 is 11.1 Å². The first-order valence-corrected chi connectivity index (χ1v) is 6.86. The lowest BCUT2D eigenvalue weighted by atomic mass is 10.0. The average Bonchev–Trinajstić information content (AvgIpc) is 2.80. The Morgan fingerprint density at radius 1 is 1.47 bits per heavy atom. The minimum atomic E-state index is -0.275. The van der Waals surface area contributed by atoms with Gasteiger partial charge in [-0.3, -0.25) is 9.48 Å². The second kappa shape index (κ2) is 8.58. The number of carbonyl (C=O) groups is 1. The van der Waals surface area contributed by atoms with Crippen molar-refractivity contribution in [2.45, 2.75) is 39.2 Å². The van der Waals surface area contributed by atoms with Crippen molar-refractivity contribution in [3.63, 3.8) is 0 Å². The molecule has 6 nitrogen and oxygen atoms in total. The molecule has 1 amide bonds.